The van der Waals surface area contributed by atoms with E-state index in [0.29, 0.717) is 12.2 Å². The monoisotopic (exact) mass is 403 g/mol. The first-order valence-electron chi connectivity index (χ1n) is 9.96. The largest absolute Gasteiger partial charge is 0.491 e. The standard InChI is InChI=1S/C22H29NO6/c1-15-3-2-4-20(11-15)28-14-19(24)8-7-16-5-6-17-12-18(13-22(16,17)27)23-29-10-9-21(25)26/h2-4,7-8,11,13,16-17,19,23-24,27H,5-6,9-10,12,14H2,1H3,(H,25,26)/t16-,17-,19?,22-/m1/s1. The molecule has 7 nitrogen and oxygen atoms in total. The zero-order valence-electron chi connectivity index (χ0n) is 16.6. The number of aliphatic hydroxyl groups excluding tert-OH is 1. The summed E-state index contributed by atoms with van der Waals surface area (Å²) in [6, 6.07) is 7.65. The van der Waals surface area contributed by atoms with Crippen LogP contribution in [-0.2, 0) is 9.63 Å². The van der Waals surface area contributed by atoms with E-state index in [4.69, 9.17) is 14.7 Å². The second kappa shape index (κ2) is 9.43. The lowest BCUT2D eigenvalue weighted by Crippen LogP contribution is -2.34. The number of carboxylic acid groups (broad SMARTS) is 1. The minimum atomic E-state index is -0.980. The average molecular weight is 403 g/mol. The van der Waals surface area contributed by atoms with Crippen molar-refractivity contribution in [3.8, 4) is 5.75 Å². The number of aliphatic carboxylic acids is 1. The second-order valence-electron chi connectivity index (χ2n) is 7.82. The van der Waals surface area contributed by atoms with Crippen LogP contribution < -0.4 is 10.2 Å². The minimum absolute atomic E-state index is 0.0617. The van der Waals surface area contributed by atoms with Gasteiger partial charge in [0, 0.05) is 11.6 Å². The molecule has 0 aliphatic heterocycles. The van der Waals surface area contributed by atoms with Crippen LogP contribution in [-0.4, -0.2) is 46.2 Å². The van der Waals surface area contributed by atoms with Crippen molar-refractivity contribution in [1.29, 1.82) is 0 Å². The third-order valence-corrected chi connectivity index (χ3v) is 5.54. The maximum Gasteiger partial charge on any atom is 0.305 e. The van der Waals surface area contributed by atoms with E-state index in [-0.39, 0.29) is 31.5 Å². The number of hydrogen-bond acceptors (Lipinski definition) is 6. The van der Waals surface area contributed by atoms with Gasteiger partial charge in [0.15, 0.2) is 0 Å². The SMILES string of the molecule is Cc1cccc(OCC(O)C=C[C@H]2CC[C@@H]3CC(NOCCC(=O)O)=C[C@]32O)c1. The van der Waals surface area contributed by atoms with Gasteiger partial charge in [-0.25, -0.2) is 0 Å². The minimum Gasteiger partial charge on any atom is -0.491 e. The summed E-state index contributed by atoms with van der Waals surface area (Å²) in [6.45, 7) is 2.19. The van der Waals surface area contributed by atoms with Crippen molar-refractivity contribution in [2.24, 2.45) is 11.8 Å². The van der Waals surface area contributed by atoms with Crippen LogP contribution in [0.15, 0.2) is 48.2 Å². The van der Waals surface area contributed by atoms with Crippen molar-refractivity contribution in [2.75, 3.05) is 13.2 Å². The van der Waals surface area contributed by atoms with E-state index >= 15 is 0 Å². The summed E-state index contributed by atoms with van der Waals surface area (Å²) in [4.78, 5) is 15.7. The number of hydrogen-bond donors (Lipinski definition) is 4. The Labute approximate surface area is 170 Å². The number of aliphatic hydroxyl groups is 2. The maximum absolute atomic E-state index is 11.1. The van der Waals surface area contributed by atoms with Gasteiger partial charge in [0.1, 0.15) is 18.5 Å². The fraction of sp³-hybridized carbons (Fsp3) is 0.500. The van der Waals surface area contributed by atoms with Crippen LogP contribution in [0.1, 0.15) is 31.2 Å². The van der Waals surface area contributed by atoms with Crippen molar-refractivity contribution in [3.05, 3.63) is 53.8 Å². The highest BCUT2D eigenvalue weighted by Gasteiger charge is 2.50. The van der Waals surface area contributed by atoms with Gasteiger partial charge in [-0.1, -0.05) is 24.3 Å². The molecule has 0 aromatic heterocycles. The van der Waals surface area contributed by atoms with Crippen LogP contribution in [0.5, 0.6) is 5.75 Å². The van der Waals surface area contributed by atoms with E-state index in [1.165, 1.54) is 0 Å². The summed E-state index contributed by atoms with van der Waals surface area (Å²) < 4.78 is 5.62. The summed E-state index contributed by atoms with van der Waals surface area (Å²) >= 11 is 0. The predicted molar refractivity (Wildman–Crippen MR) is 107 cm³/mol. The van der Waals surface area contributed by atoms with Gasteiger partial charge in [-0.2, -0.15) is 0 Å². The first kappa shape index (κ1) is 21.4. The van der Waals surface area contributed by atoms with Crippen LogP contribution in [0.25, 0.3) is 0 Å². The molecule has 1 saturated carbocycles. The van der Waals surface area contributed by atoms with Crippen molar-refractivity contribution < 1.29 is 29.7 Å². The van der Waals surface area contributed by atoms with Gasteiger partial charge >= 0.3 is 5.97 Å². The zero-order valence-corrected chi connectivity index (χ0v) is 16.6. The first-order valence-corrected chi connectivity index (χ1v) is 9.96. The number of benzene rings is 1. The van der Waals surface area contributed by atoms with E-state index in [1.807, 2.05) is 37.3 Å². The normalized spacial score (nSPS) is 26.9. The third kappa shape index (κ3) is 5.59. The van der Waals surface area contributed by atoms with Crippen LogP contribution in [0.3, 0.4) is 0 Å². The average Bonchev–Trinajstić information content (AvgIpc) is 3.14. The van der Waals surface area contributed by atoms with Crippen LogP contribution in [0, 0.1) is 18.8 Å². The second-order valence-corrected chi connectivity index (χ2v) is 7.82. The van der Waals surface area contributed by atoms with Crippen molar-refractivity contribution >= 4 is 5.97 Å². The highest BCUT2D eigenvalue weighted by molar-refractivity contribution is 5.66. The Hall–Kier alpha value is -2.35. The third-order valence-electron chi connectivity index (χ3n) is 5.54. The fourth-order valence-corrected chi connectivity index (χ4v) is 4.05. The van der Waals surface area contributed by atoms with Crippen LogP contribution in [0.2, 0.25) is 0 Å². The molecule has 0 amide bonds. The maximum atomic E-state index is 11.1. The fourth-order valence-electron chi connectivity index (χ4n) is 4.05. The van der Waals surface area contributed by atoms with Crippen LogP contribution >= 0.6 is 0 Å². The molecule has 4 atom stereocenters. The predicted octanol–water partition coefficient (Wildman–Crippen LogP) is 2.33. The van der Waals surface area contributed by atoms with Gasteiger partial charge in [-0.05, 0) is 55.9 Å². The molecule has 1 fully saturated rings. The molecule has 158 valence electrons. The number of carboxylic acids is 1. The number of hydroxylamine groups is 1. The molecule has 0 heterocycles. The zero-order chi connectivity index (χ0) is 20.9. The molecule has 2 aliphatic rings. The molecule has 4 N–H and O–H groups in total. The smallest absolute Gasteiger partial charge is 0.305 e. The van der Waals surface area contributed by atoms with Gasteiger partial charge < -0.3 is 20.1 Å². The number of rotatable bonds is 10. The summed E-state index contributed by atoms with van der Waals surface area (Å²) in [5.41, 5.74) is 3.64. The van der Waals surface area contributed by atoms with Crippen molar-refractivity contribution in [3.63, 3.8) is 0 Å². The van der Waals surface area contributed by atoms with Crippen LogP contribution in [0.4, 0.5) is 0 Å². The van der Waals surface area contributed by atoms with Gasteiger partial charge in [-0.15, -0.1) is 0 Å². The highest BCUT2D eigenvalue weighted by atomic mass is 16.6. The topological polar surface area (TPSA) is 108 Å². The molecular formula is C22H29NO6. The lowest BCUT2D eigenvalue weighted by molar-refractivity contribution is -0.138. The van der Waals surface area contributed by atoms with Crippen molar-refractivity contribution in [1.82, 2.24) is 5.48 Å². The summed E-state index contributed by atoms with van der Waals surface area (Å²) in [5.74, 6) is -0.213. The molecule has 0 saturated heterocycles. The quantitative estimate of drug-likeness (QED) is 0.270. The molecule has 1 unspecified atom stereocenters. The van der Waals surface area contributed by atoms with Gasteiger partial charge in [0.05, 0.1) is 18.6 Å². The number of ether oxygens (including phenoxy) is 1. The number of allylic oxidation sites excluding steroid dienone is 1. The van der Waals surface area contributed by atoms with E-state index in [2.05, 4.69) is 5.48 Å². The van der Waals surface area contributed by atoms with Gasteiger partial charge in [0.25, 0.3) is 0 Å². The Kier molecular flexibility index (Phi) is 6.95. The number of fused-ring (bicyclic) bond motifs is 1. The molecule has 0 bridgehead atoms. The molecule has 3 rings (SSSR count). The highest BCUT2D eigenvalue weighted by Crippen LogP contribution is 2.49. The van der Waals surface area contributed by atoms with E-state index < -0.39 is 17.7 Å². The van der Waals surface area contributed by atoms with E-state index in [0.717, 1.165) is 24.1 Å². The molecule has 7 heteroatoms. The summed E-state index contributed by atoms with van der Waals surface area (Å²) in [5, 5.41) is 30.0. The number of aryl methyl sites for hydroxylation is 1. The van der Waals surface area contributed by atoms with Gasteiger partial charge in [0.2, 0.25) is 0 Å². The molecular weight excluding hydrogens is 374 g/mol. The number of carbonyl (C=O) groups is 1. The molecule has 1 aromatic carbocycles. The van der Waals surface area contributed by atoms with Gasteiger partial charge in [-0.3, -0.25) is 15.1 Å². The van der Waals surface area contributed by atoms with Crippen molar-refractivity contribution in [2.45, 2.75) is 44.3 Å². The Morgan fingerprint density at radius 1 is 1.41 bits per heavy atom. The Morgan fingerprint density at radius 2 is 2.24 bits per heavy atom. The lowest BCUT2D eigenvalue weighted by atomic mass is 9.87. The Morgan fingerprint density at radius 3 is 3.00 bits per heavy atom. The molecule has 1 aromatic rings. The molecule has 0 spiro atoms. The molecule has 29 heavy (non-hydrogen) atoms. The Balaban J connectivity index is 1.50. The van der Waals surface area contributed by atoms with E-state index in [1.54, 1.807) is 12.2 Å². The van der Waals surface area contributed by atoms with E-state index in [9.17, 15) is 15.0 Å². The summed E-state index contributed by atoms with van der Waals surface area (Å²) in [6.07, 6.45) is 6.86. The Bertz CT molecular complexity index is 776. The lowest BCUT2D eigenvalue weighted by Gasteiger charge is -2.26. The molecule has 0 radical (unpaired) electrons. The summed E-state index contributed by atoms with van der Waals surface area (Å²) in [7, 11) is 0. The first-order chi connectivity index (χ1) is 13.9. The molecule has 2 aliphatic carbocycles. The number of nitrogens with one attached hydrogen (secondary N) is 1.